The van der Waals surface area contributed by atoms with Crippen molar-refractivity contribution in [1.29, 1.82) is 0 Å². The summed E-state index contributed by atoms with van der Waals surface area (Å²) in [5.74, 6) is 0. The van der Waals surface area contributed by atoms with E-state index in [1.807, 2.05) is 0 Å². The van der Waals surface area contributed by atoms with Gasteiger partial charge in [-0.05, 0) is 25.8 Å². The first-order chi connectivity index (χ1) is 9.05. The minimum atomic E-state index is 0.140. The summed E-state index contributed by atoms with van der Waals surface area (Å²) < 4.78 is 5.76. The Balaban J connectivity index is 1.66. The topological polar surface area (TPSA) is 34.1 Å². The Hall–Kier alpha value is -0.450. The van der Waals surface area contributed by atoms with Gasteiger partial charge in [-0.25, -0.2) is 4.98 Å². The van der Waals surface area contributed by atoms with E-state index in [0.29, 0.717) is 12.6 Å². The Bertz CT molecular complexity index is 378. The van der Waals surface area contributed by atoms with Crippen molar-refractivity contribution in [3.8, 4) is 0 Å². The zero-order chi connectivity index (χ0) is 13.7. The molecule has 1 aliphatic heterocycles. The second-order valence-corrected chi connectivity index (χ2v) is 7.31. The Kier molecular flexibility index (Phi) is 5.37. The Labute approximate surface area is 120 Å². The lowest BCUT2D eigenvalue weighted by Crippen LogP contribution is -2.34. The summed E-state index contributed by atoms with van der Waals surface area (Å²) >= 11 is 1.71. The maximum Gasteiger partial charge on any atom is 0.119 e. The van der Waals surface area contributed by atoms with E-state index in [1.165, 1.54) is 31.5 Å². The smallest absolute Gasteiger partial charge is 0.119 e. The van der Waals surface area contributed by atoms with Gasteiger partial charge in [0.05, 0.1) is 12.3 Å². The average Bonchev–Trinajstić information content (AvgIpc) is 2.85. The fourth-order valence-corrected chi connectivity index (χ4v) is 3.23. The molecule has 1 aliphatic rings. The Morgan fingerprint density at radius 2 is 2.26 bits per heavy atom. The minimum absolute atomic E-state index is 0.140. The second-order valence-electron chi connectivity index (χ2n) is 6.36. The summed E-state index contributed by atoms with van der Waals surface area (Å²) in [6, 6.07) is 0.662. The van der Waals surface area contributed by atoms with Crippen LogP contribution in [0.1, 0.15) is 57.2 Å². The quantitative estimate of drug-likeness (QED) is 0.839. The molecule has 1 atom stereocenters. The van der Waals surface area contributed by atoms with Crippen molar-refractivity contribution in [3.63, 3.8) is 0 Å². The monoisotopic (exact) mass is 282 g/mol. The van der Waals surface area contributed by atoms with Gasteiger partial charge >= 0.3 is 0 Å². The van der Waals surface area contributed by atoms with Crippen molar-refractivity contribution in [3.05, 3.63) is 16.1 Å². The number of hydrogen-bond acceptors (Lipinski definition) is 4. The molecule has 0 spiro atoms. The van der Waals surface area contributed by atoms with Gasteiger partial charge in [-0.2, -0.15) is 0 Å². The fourth-order valence-electron chi connectivity index (χ4n) is 2.28. The van der Waals surface area contributed by atoms with Gasteiger partial charge in [0.15, 0.2) is 0 Å². The molecule has 0 saturated carbocycles. The Morgan fingerprint density at radius 3 is 2.89 bits per heavy atom. The molecule has 108 valence electrons. The average molecular weight is 282 g/mol. The molecule has 1 saturated heterocycles. The van der Waals surface area contributed by atoms with Crippen LogP contribution in [-0.4, -0.2) is 24.2 Å². The van der Waals surface area contributed by atoms with Crippen LogP contribution >= 0.6 is 11.3 Å². The maximum absolute atomic E-state index is 5.76. The molecule has 19 heavy (non-hydrogen) atoms. The number of nitrogens with zero attached hydrogens (tertiary/aromatic N) is 1. The molecule has 2 heterocycles. The lowest BCUT2D eigenvalue weighted by atomic mass is 9.93. The minimum Gasteiger partial charge on any atom is -0.374 e. The van der Waals surface area contributed by atoms with Gasteiger partial charge < -0.3 is 10.1 Å². The van der Waals surface area contributed by atoms with E-state index >= 15 is 0 Å². The van der Waals surface area contributed by atoms with E-state index in [1.54, 1.807) is 11.3 Å². The van der Waals surface area contributed by atoms with Crippen molar-refractivity contribution >= 4 is 11.3 Å². The van der Waals surface area contributed by atoms with Crippen molar-refractivity contribution in [2.75, 3.05) is 13.2 Å². The highest BCUT2D eigenvalue weighted by Gasteiger charge is 2.17. The zero-order valence-electron chi connectivity index (χ0n) is 12.4. The van der Waals surface area contributed by atoms with E-state index in [4.69, 9.17) is 4.74 Å². The van der Waals surface area contributed by atoms with Gasteiger partial charge in [0.1, 0.15) is 5.01 Å². The molecule has 0 amide bonds. The Morgan fingerprint density at radius 1 is 1.42 bits per heavy atom. The predicted octanol–water partition coefficient (Wildman–Crippen LogP) is 3.49. The molecule has 1 aromatic heterocycles. The number of thiazole rings is 1. The fraction of sp³-hybridized carbons (Fsp3) is 0.800. The second kappa shape index (κ2) is 6.82. The molecular weight excluding hydrogens is 256 g/mol. The van der Waals surface area contributed by atoms with Crippen LogP contribution in [0.3, 0.4) is 0 Å². The van der Waals surface area contributed by atoms with Crippen LogP contribution < -0.4 is 5.32 Å². The van der Waals surface area contributed by atoms with Crippen LogP contribution in [-0.2, 0) is 16.8 Å². The highest BCUT2D eigenvalue weighted by molar-refractivity contribution is 7.09. The highest BCUT2D eigenvalue weighted by Crippen LogP contribution is 2.24. The summed E-state index contributed by atoms with van der Waals surface area (Å²) in [4.78, 5) is 4.64. The molecule has 3 nitrogen and oxygen atoms in total. The molecule has 1 unspecified atom stereocenters. The molecule has 0 radical (unpaired) electrons. The SMILES string of the molecule is CC(C)(C)c1csc(COCCC2CCCCN2)n1. The largest absolute Gasteiger partial charge is 0.374 e. The van der Waals surface area contributed by atoms with Gasteiger partial charge in [-0.15, -0.1) is 11.3 Å². The number of nitrogens with one attached hydrogen (secondary N) is 1. The van der Waals surface area contributed by atoms with E-state index in [0.717, 1.165) is 18.0 Å². The predicted molar refractivity (Wildman–Crippen MR) is 80.7 cm³/mol. The third-order valence-corrected chi connectivity index (χ3v) is 4.39. The molecule has 2 rings (SSSR count). The number of rotatable bonds is 5. The van der Waals surface area contributed by atoms with E-state index < -0.39 is 0 Å². The zero-order valence-corrected chi connectivity index (χ0v) is 13.2. The molecule has 4 heteroatoms. The maximum atomic E-state index is 5.76. The molecule has 1 aromatic rings. The number of piperidine rings is 1. The van der Waals surface area contributed by atoms with Crippen molar-refractivity contribution < 1.29 is 4.74 Å². The van der Waals surface area contributed by atoms with E-state index in [-0.39, 0.29) is 5.41 Å². The number of hydrogen-bond donors (Lipinski definition) is 1. The first kappa shape index (κ1) is 14.9. The van der Waals surface area contributed by atoms with Gasteiger partial charge in [0, 0.05) is 23.4 Å². The molecular formula is C15H26N2OS. The van der Waals surface area contributed by atoms with Gasteiger partial charge in [0.25, 0.3) is 0 Å². The third kappa shape index (κ3) is 4.86. The lowest BCUT2D eigenvalue weighted by Gasteiger charge is -2.23. The van der Waals surface area contributed by atoms with Crippen LogP contribution in [0, 0.1) is 0 Å². The van der Waals surface area contributed by atoms with Crippen LogP contribution in [0.25, 0.3) is 0 Å². The van der Waals surface area contributed by atoms with E-state index in [2.05, 4.69) is 36.5 Å². The molecule has 1 fully saturated rings. The van der Waals surface area contributed by atoms with Crippen LogP contribution in [0.15, 0.2) is 5.38 Å². The number of ether oxygens (including phenoxy) is 1. The first-order valence-electron chi connectivity index (χ1n) is 7.32. The first-order valence-corrected chi connectivity index (χ1v) is 8.19. The molecule has 1 N–H and O–H groups in total. The molecule has 0 bridgehead atoms. The van der Waals surface area contributed by atoms with Crippen molar-refractivity contribution in [1.82, 2.24) is 10.3 Å². The van der Waals surface area contributed by atoms with Gasteiger partial charge in [-0.3, -0.25) is 0 Å². The van der Waals surface area contributed by atoms with Gasteiger partial charge in [0.2, 0.25) is 0 Å². The summed E-state index contributed by atoms with van der Waals surface area (Å²) in [5.41, 5.74) is 1.31. The summed E-state index contributed by atoms with van der Waals surface area (Å²) in [5, 5.41) is 6.80. The summed E-state index contributed by atoms with van der Waals surface area (Å²) in [6.45, 7) is 9.26. The summed E-state index contributed by atoms with van der Waals surface area (Å²) in [6.07, 6.45) is 5.11. The van der Waals surface area contributed by atoms with Crippen LogP contribution in [0.5, 0.6) is 0 Å². The highest BCUT2D eigenvalue weighted by atomic mass is 32.1. The third-order valence-electron chi connectivity index (χ3n) is 3.57. The van der Waals surface area contributed by atoms with Crippen LogP contribution in [0.4, 0.5) is 0 Å². The van der Waals surface area contributed by atoms with E-state index in [9.17, 15) is 0 Å². The lowest BCUT2D eigenvalue weighted by molar-refractivity contribution is 0.108. The number of aromatic nitrogens is 1. The van der Waals surface area contributed by atoms with Gasteiger partial charge in [-0.1, -0.05) is 27.2 Å². The standard InChI is InChI=1S/C15H26N2OS/c1-15(2,3)13-11-19-14(17-13)10-18-9-7-12-6-4-5-8-16-12/h11-12,16H,4-10H2,1-3H3. The van der Waals surface area contributed by atoms with Crippen LogP contribution in [0.2, 0.25) is 0 Å². The van der Waals surface area contributed by atoms with Crippen molar-refractivity contribution in [2.45, 2.75) is 64.5 Å². The van der Waals surface area contributed by atoms with Crippen molar-refractivity contribution in [2.24, 2.45) is 0 Å². The molecule has 0 aromatic carbocycles. The molecule has 0 aliphatic carbocycles. The summed E-state index contributed by atoms with van der Waals surface area (Å²) in [7, 11) is 0. The normalized spacial score (nSPS) is 20.7.